The van der Waals surface area contributed by atoms with E-state index in [-0.39, 0.29) is 6.04 Å². The van der Waals surface area contributed by atoms with Crippen molar-refractivity contribution in [1.82, 2.24) is 5.32 Å². The Morgan fingerprint density at radius 1 is 1.21 bits per heavy atom. The number of hydrogen-bond donors (Lipinski definition) is 1. The van der Waals surface area contributed by atoms with Crippen LogP contribution in [0.1, 0.15) is 57.1 Å². The molecule has 0 amide bonds. The van der Waals surface area contributed by atoms with Gasteiger partial charge in [-0.15, -0.1) is 0 Å². The minimum atomic E-state index is -0.501. The van der Waals surface area contributed by atoms with Gasteiger partial charge in [0, 0.05) is 17.7 Å². The lowest BCUT2D eigenvalue weighted by Crippen LogP contribution is -2.31. The van der Waals surface area contributed by atoms with Crippen LogP contribution in [0.25, 0.3) is 0 Å². The molecule has 0 bridgehead atoms. The second-order valence-electron chi connectivity index (χ2n) is 5.50. The molecule has 0 saturated heterocycles. The molecule has 0 spiro atoms. The summed E-state index contributed by atoms with van der Waals surface area (Å²) in [4.78, 5) is 0. The highest BCUT2D eigenvalue weighted by Crippen LogP contribution is 2.35. The van der Waals surface area contributed by atoms with Crippen molar-refractivity contribution in [3.63, 3.8) is 0 Å². The van der Waals surface area contributed by atoms with Crippen LogP contribution in [0.2, 0.25) is 0 Å². The molecule has 19 heavy (non-hydrogen) atoms. The van der Waals surface area contributed by atoms with Crippen molar-refractivity contribution in [2.75, 3.05) is 6.54 Å². The number of rotatable bonds is 5. The Bertz CT molecular complexity index is 400. The molecule has 0 heterocycles. The molecular weight excluding hydrogens is 244 g/mol. The second kappa shape index (κ2) is 6.99. The van der Waals surface area contributed by atoms with E-state index in [2.05, 4.69) is 12.2 Å². The molecule has 1 aliphatic rings. The Morgan fingerprint density at radius 2 is 1.95 bits per heavy atom. The molecule has 1 aromatic rings. The highest BCUT2D eigenvalue weighted by molar-refractivity contribution is 5.23. The SMILES string of the molecule is CCCNC(c1ccc(F)cc1F)C1CCCCC1. The predicted octanol–water partition coefficient (Wildman–Crippen LogP) is 4.59. The van der Waals surface area contributed by atoms with Gasteiger partial charge in [0.15, 0.2) is 0 Å². The van der Waals surface area contributed by atoms with Crippen LogP contribution >= 0.6 is 0 Å². The van der Waals surface area contributed by atoms with E-state index in [1.54, 1.807) is 6.07 Å². The summed E-state index contributed by atoms with van der Waals surface area (Å²) in [5.41, 5.74) is 0.627. The third-order valence-electron chi connectivity index (χ3n) is 4.03. The first-order valence-corrected chi connectivity index (χ1v) is 7.40. The predicted molar refractivity (Wildman–Crippen MR) is 74.0 cm³/mol. The average molecular weight is 267 g/mol. The Hall–Kier alpha value is -0.960. The maximum Gasteiger partial charge on any atom is 0.130 e. The van der Waals surface area contributed by atoms with E-state index in [1.165, 1.54) is 25.3 Å². The molecule has 1 unspecified atom stereocenters. The van der Waals surface area contributed by atoms with Gasteiger partial charge in [0.05, 0.1) is 0 Å². The first-order chi connectivity index (χ1) is 9.22. The van der Waals surface area contributed by atoms with Crippen LogP contribution < -0.4 is 5.32 Å². The largest absolute Gasteiger partial charge is 0.310 e. The van der Waals surface area contributed by atoms with Gasteiger partial charge in [0.2, 0.25) is 0 Å². The monoisotopic (exact) mass is 267 g/mol. The highest BCUT2D eigenvalue weighted by Gasteiger charge is 2.26. The summed E-state index contributed by atoms with van der Waals surface area (Å²) in [5, 5.41) is 3.45. The fourth-order valence-corrected chi connectivity index (χ4v) is 3.05. The van der Waals surface area contributed by atoms with Crippen LogP contribution in [-0.2, 0) is 0 Å². The Kier molecular flexibility index (Phi) is 5.32. The molecule has 1 N–H and O–H groups in total. The molecule has 0 radical (unpaired) electrons. The maximum absolute atomic E-state index is 14.0. The molecule has 1 atom stereocenters. The summed E-state index contributed by atoms with van der Waals surface area (Å²) in [5.74, 6) is -0.446. The Morgan fingerprint density at radius 3 is 2.58 bits per heavy atom. The maximum atomic E-state index is 14.0. The average Bonchev–Trinajstić information content (AvgIpc) is 2.42. The van der Waals surface area contributed by atoms with Crippen molar-refractivity contribution in [1.29, 1.82) is 0 Å². The van der Waals surface area contributed by atoms with Gasteiger partial charge in [-0.3, -0.25) is 0 Å². The third-order valence-corrected chi connectivity index (χ3v) is 4.03. The van der Waals surface area contributed by atoms with Gasteiger partial charge in [-0.1, -0.05) is 32.3 Å². The quantitative estimate of drug-likeness (QED) is 0.823. The third kappa shape index (κ3) is 3.75. The second-order valence-corrected chi connectivity index (χ2v) is 5.50. The highest BCUT2D eigenvalue weighted by atomic mass is 19.1. The number of benzene rings is 1. The van der Waals surface area contributed by atoms with Crippen molar-refractivity contribution in [3.05, 3.63) is 35.4 Å². The van der Waals surface area contributed by atoms with Crippen molar-refractivity contribution in [2.24, 2.45) is 5.92 Å². The van der Waals surface area contributed by atoms with Gasteiger partial charge in [0.1, 0.15) is 11.6 Å². The molecular formula is C16H23F2N. The zero-order chi connectivity index (χ0) is 13.7. The number of nitrogens with one attached hydrogen (secondary N) is 1. The van der Waals surface area contributed by atoms with Gasteiger partial charge in [-0.2, -0.15) is 0 Å². The van der Waals surface area contributed by atoms with Crippen molar-refractivity contribution >= 4 is 0 Å². The van der Waals surface area contributed by atoms with E-state index >= 15 is 0 Å². The van der Waals surface area contributed by atoms with Crippen LogP contribution in [0.5, 0.6) is 0 Å². The molecule has 1 saturated carbocycles. The first-order valence-electron chi connectivity index (χ1n) is 7.40. The zero-order valence-corrected chi connectivity index (χ0v) is 11.6. The number of halogens is 2. The smallest absolute Gasteiger partial charge is 0.130 e. The number of hydrogen-bond acceptors (Lipinski definition) is 1. The Balaban J connectivity index is 2.19. The van der Waals surface area contributed by atoms with Crippen molar-refractivity contribution in [2.45, 2.75) is 51.5 Å². The molecule has 1 aromatic carbocycles. The zero-order valence-electron chi connectivity index (χ0n) is 11.6. The summed E-state index contributed by atoms with van der Waals surface area (Å²) in [6.45, 7) is 2.98. The van der Waals surface area contributed by atoms with Crippen LogP contribution in [0.15, 0.2) is 18.2 Å². The standard InChI is InChI=1S/C16H23F2N/c1-2-10-19-16(12-6-4-3-5-7-12)14-9-8-13(17)11-15(14)18/h8-9,11-12,16,19H,2-7,10H2,1H3. The Labute approximate surface area is 114 Å². The summed E-state index contributed by atoms with van der Waals surface area (Å²) in [6, 6.07) is 3.99. The summed E-state index contributed by atoms with van der Waals surface area (Å²) in [6.07, 6.45) is 7.01. The fraction of sp³-hybridized carbons (Fsp3) is 0.625. The normalized spacial score (nSPS) is 18.5. The van der Waals surface area contributed by atoms with Crippen LogP contribution in [0.4, 0.5) is 8.78 Å². The van der Waals surface area contributed by atoms with Gasteiger partial charge in [-0.25, -0.2) is 8.78 Å². The molecule has 2 rings (SSSR count). The van der Waals surface area contributed by atoms with Gasteiger partial charge in [-0.05, 0) is 37.8 Å². The fourth-order valence-electron chi connectivity index (χ4n) is 3.05. The van der Waals surface area contributed by atoms with Gasteiger partial charge >= 0.3 is 0 Å². The van der Waals surface area contributed by atoms with Gasteiger partial charge < -0.3 is 5.32 Å². The molecule has 106 valence electrons. The molecule has 1 fully saturated rings. The molecule has 1 nitrogen and oxygen atoms in total. The van der Waals surface area contributed by atoms with E-state index in [0.29, 0.717) is 11.5 Å². The minimum Gasteiger partial charge on any atom is -0.310 e. The van der Waals surface area contributed by atoms with Crippen LogP contribution in [0, 0.1) is 17.6 Å². The molecule has 0 aromatic heterocycles. The summed E-state index contributed by atoms with van der Waals surface area (Å²) < 4.78 is 27.0. The summed E-state index contributed by atoms with van der Waals surface area (Å²) in [7, 11) is 0. The van der Waals surface area contributed by atoms with E-state index in [4.69, 9.17) is 0 Å². The lowest BCUT2D eigenvalue weighted by Gasteiger charge is -2.31. The van der Waals surface area contributed by atoms with E-state index in [0.717, 1.165) is 31.9 Å². The van der Waals surface area contributed by atoms with Crippen molar-refractivity contribution < 1.29 is 8.78 Å². The van der Waals surface area contributed by atoms with E-state index < -0.39 is 11.6 Å². The van der Waals surface area contributed by atoms with Crippen LogP contribution in [-0.4, -0.2) is 6.54 Å². The molecule has 1 aliphatic carbocycles. The van der Waals surface area contributed by atoms with E-state index in [9.17, 15) is 8.78 Å². The first kappa shape index (κ1) is 14.4. The topological polar surface area (TPSA) is 12.0 Å². The lowest BCUT2D eigenvalue weighted by molar-refractivity contribution is 0.267. The van der Waals surface area contributed by atoms with Crippen molar-refractivity contribution in [3.8, 4) is 0 Å². The summed E-state index contributed by atoms with van der Waals surface area (Å²) >= 11 is 0. The molecule has 0 aliphatic heterocycles. The lowest BCUT2D eigenvalue weighted by atomic mass is 9.81. The minimum absolute atomic E-state index is 0.0286. The van der Waals surface area contributed by atoms with Gasteiger partial charge in [0.25, 0.3) is 0 Å². The van der Waals surface area contributed by atoms with Crippen LogP contribution in [0.3, 0.4) is 0 Å². The van der Waals surface area contributed by atoms with E-state index in [1.807, 2.05) is 0 Å². The molecule has 3 heteroatoms.